The number of piperidine rings is 3. The summed E-state index contributed by atoms with van der Waals surface area (Å²) in [5.74, 6) is 0.691. The molecule has 1 aromatic carbocycles. The second-order valence-corrected chi connectivity index (χ2v) is 19.7. The third-order valence-electron chi connectivity index (χ3n) is 14.7. The van der Waals surface area contributed by atoms with Crippen LogP contribution in [0.1, 0.15) is 94.4 Å². The number of rotatable bonds is 11. The lowest BCUT2D eigenvalue weighted by molar-refractivity contribution is -0.137. The maximum atomic E-state index is 15.2. The van der Waals surface area contributed by atoms with Crippen molar-refractivity contribution in [2.24, 2.45) is 5.41 Å². The number of amides is 4. The highest BCUT2D eigenvalue weighted by Gasteiger charge is 2.54. The van der Waals surface area contributed by atoms with E-state index < -0.39 is 18.0 Å². The first-order chi connectivity index (χ1) is 32.9. The Hall–Kier alpha value is -6.77. The number of carbonyl (C=O) groups is 4. The third-order valence-corrected chi connectivity index (χ3v) is 14.7. The molecule has 6 aliphatic rings. The predicted octanol–water partition coefficient (Wildman–Crippen LogP) is 4.46. The summed E-state index contributed by atoms with van der Waals surface area (Å²) >= 11 is 0. The summed E-state index contributed by atoms with van der Waals surface area (Å²) in [6, 6.07) is 4.76. The number of nitrogens with two attached hydrogens (primary N) is 1. The van der Waals surface area contributed by atoms with Crippen LogP contribution in [0.5, 0.6) is 0 Å². The van der Waals surface area contributed by atoms with Gasteiger partial charge in [0.2, 0.25) is 11.8 Å². The first kappa shape index (κ1) is 43.8. The monoisotopic (exact) mass is 930 g/mol. The summed E-state index contributed by atoms with van der Waals surface area (Å²) in [5.41, 5.74) is 10.9. The molecule has 4 N–H and O–H groups in total. The fraction of sp³-hybridized carbons (Fsp3) is 0.532. The number of ether oxygens (including phenoxy) is 1. The molecule has 1 unspecified atom stereocenters. The quantitative estimate of drug-likeness (QED) is 0.155. The number of carbonyl (C=O) groups excluding carboxylic acids is 4. The van der Waals surface area contributed by atoms with E-state index >= 15 is 4.39 Å². The van der Waals surface area contributed by atoms with Crippen LogP contribution in [0.3, 0.4) is 0 Å². The van der Waals surface area contributed by atoms with Gasteiger partial charge in [-0.2, -0.15) is 5.10 Å². The fourth-order valence-corrected chi connectivity index (χ4v) is 10.8. The van der Waals surface area contributed by atoms with Crippen molar-refractivity contribution in [3.8, 4) is 22.8 Å². The Labute approximate surface area is 391 Å². The van der Waals surface area contributed by atoms with E-state index in [0.717, 1.165) is 63.2 Å². The fourth-order valence-electron chi connectivity index (χ4n) is 10.8. The minimum absolute atomic E-state index is 0.0160. The van der Waals surface area contributed by atoms with Crippen LogP contribution in [0.4, 0.5) is 26.4 Å². The molecule has 21 heteroatoms. The van der Waals surface area contributed by atoms with Crippen LogP contribution in [0.25, 0.3) is 33.8 Å². The number of nitrogen functional groups attached to an aromatic ring is 1. The van der Waals surface area contributed by atoms with Gasteiger partial charge in [0.15, 0.2) is 23.8 Å². The van der Waals surface area contributed by atoms with Crippen LogP contribution in [0, 0.1) is 11.2 Å². The molecule has 9 heterocycles. The van der Waals surface area contributed by atoms with Crippen molar-refractivity contribution >= 4 is 52.0 Å². The van der Waals surface area contributed by atoms with Crippen molar-refractivity contribution in [1.82, 2.24) is 54.9 Å². The molecule has 4 amide bonds. The summed E-state index contributed by atoms with van der Waals surface area (Å²) in [5, 5.41) is 15.3. The number of nitrogens with zero attached hydrogens (tertiary/aromatic N) is 11. The second kappa shape index (κ2) is 17.4. The molecule has 0 radical (unpaired) electrons. The van der Waals surface area contributed by atoms with Gasteiger partial charge < -0.3 is 35.0 Å². The Morgan fingerprint density at radius 2 is 1.66 bits per heavy atom. The van der Waals surface area contributed by atoms with Crippen LogP contribution in [0.2, 0.25) is 0 Å². The van der Waals surface area contributed by atoms with Crippen molar-refractivity contribution < 1.29 is 32.8 Å². The molecule has 68 heavy (non-hydrogen) atoms. The molecule has 5 aliphatic heterocycles. The zero-order chi connectivity index (χ0) is 46.8. The Morgan fingerprint density at radius 3 is 2.35 bits per heavy atom. The lowest BCUT2D eigenvalue weighted by atomic mass is 9.71. The molecule has 5 saturated heterocycles. The highest BCUT2D eigenvalue weighted by molar-refractivity contribution is 6.02. The normalized spacial score (nSPS) is 21.3. The van der Waals surface area contributed by atoms with Gasteiger partial charge in [-0.25, -0.2) is 33.8 Å². The number of nitrogens with one attached hydrogen (secondary N) is 2. The van der Waals surface area contributed by atoms with E-state index in [0.29, 0.717) is 102 Å². The Balaban J connectivity index is 0.620. The van der Waals surface area contributed by atoms with Gasteiger partial charge in [-0.05, 0) is 88.5 Å². The minimum atomic E-state index is -0.568. The topological polar surface area (TPSA) is 236 Å². The maximum Gasteiger partial charge on any atom is 0.410 e. The van der Waals surface area contributed by atoms with Gasteiger partial charge in [0.05, 0.1) is 16.6 Å². The van der Waals surface area contributed by atoms with Gasteiger partial charge in [0.1, 0.15) is 35.4 Å². The number of hydrogen-bond donors (Lipinski definition) is 3. The van der Waals surface area contributed by atoms with Gasteiger partial charge >= 0.3 is 6.09 Å². The first-order valence-electron chi connectivity index (χ1n) is 23.8. The zero-order valence-corrected chi connectivity index (χ0v) is 38.2. The van der Waals surface area contributed by atoms with Crippen molar-refractivity contribution in [2.75, 3.05) is 74.9 Å². The predicted molar refractivity (Wildman–Crippen MR) is 246 cm³/mol. The summed E-state index contributed by atoms with van der Waals surface area (Å²) in [4.78, 5) is 76.2. The molecule has 1 saturated carbocycles. The molecular weight excluding hydrogens is 876 g/mol. The average molecular weight is 931 g/mol. The standard InChI is InChI=1S/C47H55FN14O6/c1-26(2)62-44-38(42(49)52-25-53-44)39(56-62)40-37(41(68-57-40)28-3-4-28)43-50-18-29(19-51-43)27-9-13-59(14-10-27)46(66)67-20-36(64)58-15-11-31(12-16-58)60-21-47(22-60)23-61(24-47)34-7-5-30(17-32(34)48)54-33-6-8-35(63)55-45(33)65/h5,7,17-19,25-28,31,33,54H,3-4,6,8-16,20-24H2,1-2H3,(H2,49,52,53)(H,55,63,65). The molecule has 6 fully saturated rings. The molecular formula is C47H55FN14O6. The smallest absolute Gasteiger partial charge is 0.410 e. The van der Waals surface area contributed by atoms with Crippen molar-refractivity contribution in [1.29, 1.82) is 0 Å². The number of benzene rings is 1. The van der Waals surface area contributed by atoms with Crippen LogP contribution >= 0.6 is 0 Å². The van der Waals surface area contributed by atoms with Crippen molar-refractivity contribution in [2.45, 2.75) is 95.2 Å². The summed E-state index contributed by atoms with van der Waals surface area (Å²) in [6.07, 6.45) is 10.3. The highest BCUT2D eigenvalue weighted by atomic mass is 19.1. The molecule has 11 rings (SSSR count). The number of anilines is 3. The van der Waals surface area contributed by atoms with E-state index in [9.17, 15) is 19.2 Å². The SMILES string of the molecule is CC(C)n1nc(-c2noc(C3CC3)c2-c2ncc(C3CCN(C(=O)OCC(=O)N4CCC(N5CC6(CN(c7ccc(NC8CCC(=O)NC8=O)cc7F)C6)C5)CC4)CC3)cn2)c2c(N)ncnc21. The molecule has 4 aromatic heterocycles. The largest absolute Gasteiger partial charge is 0.439 e. The van der Waals surface area contributed by atoms with E-state index in [2.05, 4.69) is 35.6 Å². The van der Waals surface area contributed by atoms with Crippen molar-refractivity contribution in [3.63, 3.8) is 0 Å². The minimum Gasteiger partial charge on any atom is -0.439 e. The van der Waals surface area contributed by atoms with Gasteiger partial charge in [-0.15, -0.1) is 0 Å². The molecule has 356 valence electrons. The molecule has 1 spiro atoms. The molecule has 1 aliphatic carbocycles. The third kappa shape index (κ3) is 8.23. The lowest BCUT2D eigenvalue weighted by Gasteiger charge is -2.63. The van der Waals surface area contributed by atoms with Gasteiger partial charge in [0, 0.05) is 100 Å². The molecule has 20 nitrogen and oxygen atoms in total. The van der Waals surface area contributed by atoms with E-state index in [4.69, 9.17) is 30.1 Å². The van der Waals surface area contributed by atoms with Gasteiger partial charge in [-0.1, -0.05) is 5.16 Å². The highest BCUT2D eigenvalue weighted by Crippen LogP contribution is 2.48. The van der Waals surface area contributed by atoms with Gasteiger partial charge in [-0.3, -0.25) is 24.6 Å². The summed E-state index contributed by atoms with van der Waals surface area (Å²) < 4.78 is 28.5. The summed E-state index contributed by atoms with van der Waals surface area (Å²) in [7, 11) is 0. The van der Waals surface area contributed by atoms with Crippen LogP contribution < -0.4 is 21.3 Å². The Bertz CT molecular complexity index is 2760. The molecule has 0 bridgehead atoms. The molecule has 1 atom stereocenters. The number of imide groups is 1. The first-order valence-corrected chi connectivity index (χ1v) is 23.8. The lowest BCUT2D eigenvalue weighted by Crippen LogP contribution is -2.74. The van der Waals surface area contributed by atoms with E-state index in [1.54, 1.807) is 21.9 Å². The molecule has 5 aromatic rings. The van der Waals surface area contributed by atoms with E-state index in [1.165, 1.54) is 12.4 Å². The summed E-state index contributed by atoms with van der Waals surface area (Å²) in [6.45, 7) is 9.37. The van der Waals surface area contributed by atoms with E-state index in [-0.39, 0.29) is 54.0 Å². The zero-order valence-electron chi connectivity index (χ0n) is 38.2. The van der Waals surface area contributed by atoms with Gasteiger partial charge in [0.25, 0.3) is 5.91 Å². The average Bonchev–Trinajstić information content (AvgIpc) is 3.94. The second-order valence-electron chi connectivity index (χ2n) is 19.7. The maximum absolute atomic E-state index is 15.2. The van der Waals surface area contributed by atoms with E-state index in [1.807, 2.05) is 30.9 Å². The van der Waals surface area contributed by atoms with Crippen LogP contribution in [0.15, 0.2) is 41.4 Å². The Kier molecular flexibility index (Phi) is 11.2. The number of hydrogen-bond acceptors (Lipinski definition) is 16. The number of aromatic nitrogens is 7. The number of likely N-dealkylation sites (tertiary alicyclic amines) is 3. The number of fused-ring (bicyclic) bond motifs is 1. The van der Waals surface area contributed by atoms with Crippen molar-refractivity contribution in [3.05, 3.63) is 54.1 Å². The Morgan fingerprint density at radius 1 is 0.926 bits per heavy atom. The van der Waals surface area contributed by atoms with Crippen LogP contribution in [-0.2, 0) is 19.1 Å². The van der Waals surface area contributed by atoms with Crippen LogP contribution in [-0.4, -0.2) is 144 Å². The number of halogens is 1.